The fraction of sp³-hybridized carbons (Fsp3) is 0.571. The fourth-order valence-electron chi connectivity index (χ4n) is 5.47. The normalized spacial score (nSPS) is 29.9. The van der Waals surface area contributed by atoms with Crippen LogP contribution in [0, 0.1) is 18.8 Å². The summed E-state index contributed by atoms with van der Waals surface area (Å²) in [5, 5.41) is 7.82. The highest BCUT2D eigenvalue weighted by atomic mass is 16.2. The first kappa shape index (κ1) is 16.0. The summed E-state index contributed by atoms with van der Waals surface area (Å²) in [6.45, 7) is 2.57. The molecule has 2 aromatic rings. The minimum atomic E-state index is 0.0228. The molecule has 4 saturated carbocycles. The van der Waals surface area contributed by atoms with Crippen molar-refractivity contribution in [3.63, 3.8) is 0 Å². The molecule has 1 amide bonds. The van der Waals surface area contributed by atoms with Crippen LogP contribution in [0.1, 0.15) is 61.5 Å². The lowest BCUT2D eigenvalue weighted by atomic mass is 9.58. The zero-order valence-corrected chi connectivity index (χ0v) is 15.3. The lowest BCUT2D eigenvalue weighted by molar-refractivity contribution is -0.133. The smallest absolute Gasteiger partial charge is 0.224 e. The molecule has 0 aliphatic heterocycles. The average molecular weight is 350 g/mol. The van der Waals surface area contributed by atoms with Crippen LogP contribution in [-0.2, 0) is 16.8 Å². The van der Waals surface area contributed by atoms with Crippen LogP contribution in [0.4, 0.5) is 0 Å². The van der Waals surface area contributed by atoms with Crippen molar-refractivity contribution in [1.29, 1.82) is 0 Å². The lowest BCUT2D eigenvalue weighted by Gasteiger charge is -2.47. The largest absolute Gasteiger partial charge is 0.352 e. The maximum Gasteiger partial charge on any atom is 0.224 e. The number of carbonyl (C=O) groups excluding carboxylic acids is 1. The van der Waals surface area contributed by atoms with Crippen LogP contribution in [0.15, 0.2) is 30.6 Å². The summed E-state index contributed by atoms with van der Waals surface area (Å²) in [6.07, 6.45) is 10.9. The first-order valence-corrected chi connectivity index (χ1v) is 9.91. The quantitative estimate of drug-likeness (QED) is 0.900. The number of hydrogen-bond donors (Lipinski definition) is 1. The van der Waals surface area contributed by atoms with Gasteiger partial charge in [0.15, 0.2) is 0 Å². The second-order valence-corrected chi connectivity index (χ2v) is 8.41. The molecule has 3 atom stereocenters. The third kappa shape index (κ3) is 2.32. The first-order chi connectivity index (χ1) is 12.7. The van der Waals surface area contributed by atoms with E-state index in [4.69, 9.17) is 0 Å². The Kier molecular flexibility index (Phi) is 3.66. The van der Waals surface area contributed by atoms with Gasteiger partial charge in [0.1, 0.15) is 0 Å². The number of amides is 1. The second kappa shape index (κ2) is 5.93. The Balaban J connectivity index is 1.34. The van der Waals surface area contributed by atoms with E-state index in [1.165, 1.54) is 31.4 Å². The summed E-state index contributed by atoms with van der Waals surface area (Å²) in [5.41, 5.74) is 3.44. The maximum absolute atomic E-state index is 13.1. The number of aromatic nitrogens is 3. The number of pyridine rings is 1. The van der Waals surface area contributed by atoms with Crippen molar-refractivity contribution in [1.82, 2.24) is 20.1 Å². The second-order valence-electron chi connectivity index (χ2n) is 8.41. The predicted octanol–water partition coefficient (Wildman–Crippen LogP) is 3.30. The molecule has 136 valence electrons. The van der Waals surface area contributed by atoms with Crippen molar-refractivity contribution in [2.24, 2.45) is 11.8 Å². The Morgan fingerprint density at radius 2 is 2.19 bits per heavy atom. The van der Waals surface area contributed by atoms with Gasteiger partial charge in [0.2, 0.25) is 5.91 Å². The van der Waals surface area contributed by atoms with E-state index >= 15 is 0 Å². The third-order valence-corrected chi connectivity index (χ3v) is 6.97. The molecule has 26 heavy (non-hydrogen) atoms. The summed E-state index contributed by atoms with van der Waals surface area (Å²) in [7, 11) is 0. The van der Waals surface area contributed by atoms with Crippen LogP contribution in [-0.4, -0.2) is 20.7 Å². The Bertz CT molecular complexity index is 836. The van der Waals surface area contributed by atoms with Crippen LogP contribution in [0.3, 0.4) is 0 Å². The Labute approximate surface area is 154 Å². The molecule has 0 saturated heterocycles. The molecule has 4 aliphatic rings. The molecule has 5 heteroatoms. The average Bonchev–Trinajstić information content (AvgIpc) is 3.25. The standard InChI is InChI=1S/C21H26N4O/c1-14-11-15(6-9-22-14)13-23-20(26)19-16-5-8-21(19,12-16)18-7-10-24-25(18)17-3-2-4-17/h6-7,9-11,16-17,19H,2-5,8,12-13H2,1H3,(H,23,26). The molecule has 0 radical (unpaired) electrons. The molecule has 4 fully saturated rings. The van der Waals surface area contributed by atoms with E-state index in [0.29, 0.717) is 18.5 Å². The van der Waals surface area contributed by atoms with Crippen molar-refractivity contribution in [2.75, 3.05) is 0 Å². The van der Waals surface area contributed by atoms with Crippen LogP contribution in [0.25, 0.3) is 0 Å². The van der Waals surface area contributed by atoms with Gasteiger partial charge in [0.05, 0.1) is 12.0 Å². The van der Waals surface area contributed by atoms with E-state index in [1.807, 2.05) is 31.5 Å². The van der Waals surface area contributed by atoms with Gasteiger partial charge in [-0.2, -0.15) is 5.10 Å². The molecule has 0 spiro atoms. The summed E-state index contributed by atoms with van der Waals surface area (Å²) < 4.78 is 2.25. The number of hydrogen-bond acceptors (Lipinski definition) is 3. The molecule has 1 N–H and O–H groups in total. The van der Waals surface area contributed by atoms with E-state index < -0.39 is 0 Å². The zero-order valence-electron chi connectivity index (χ0n) is 15.3. The van der Waals surface area contributed by atoms with E-state index in [9.17, 15) is 4.79 Å². The predicted molar refractivity (Wildman–Crippen MR) is 98.4 cm³/mol. The van der Waals surface area contributed by atoms with Gasteiger partial charge < -0.3 is 5.32 Å². The van der Waals surface area contributed by atoms with E-state index in [0.717, 1.165) is 24.1 Å². The minimum absolute atomic E-state index is 0.0228. The molecule has 0 aromatic carbocycles. The summed E-state index contributed by atoms with van der Waals surface area (Å²) >= 11 is 0. The topological polar surface area (TPSA) is 59.8 Å². The van der Waals surface area contributed by atoms with Crippen molar-refractivity contribution in [3.8, 4) is 0 Å². The van der Waals surface area contributed by atoms with Gasteiger partial charge in [-0.25, -0.2) is 0 Å². The highest BCUT2D eigenvalue weighted by Gasteiger charge is 2.64. The fourth-order valence-corrected chi connectivity index (χ4v) is 5.47. The highest BCUT2D eigenvalue weighted by molar-refractivity contribution is 5.82. The Morgan fingerprint density at radius 1 is 1.31 bits per heavy atom. The number of nitrogens with one attached hydrogen (secondary N) is 1. The zero-order chi connectivity index (χ0) is 17.7. The number of nitrogens with zero attached hydrogens (tertiary/aromatic N) is 3. The summed E-state index contributed by atoms with van der Waals surface area (Å²) in [4.78, 5) is 17.3. The van der Waals surface area contributed by atoms with Crippen LogP contribution >= 0.6 is 0 Å². The van der Waals surface area contributed by atoms with Crippen LogP contribution in [0.5, 0.6) is 0 Å². The Morgan fingerprint density at radius 3 is 2.92 bits per heavy atom. The van der Waals surface area contributed by atoms with E-state index in [-0.39, 0.29) is 17.2 Å². The van der Waals surface area contributed by atoms with Gasteiger partial charge in [0.25, 0.3) is 0 Å². The molecule has 4 aliphatic carbocycles. The van der Waals surface area contributed by atoms with E-state index in [1.54, 1.807) is 0 Å². The number of rotatable bonds is 5. The molecular formula is C21H26N4O. The molecule has 5 nitrogen and oxygen atoms in total. The minimum Gasteiger partial charge on any atom is -0.352 e. The molecule has 6 rings (SSSR count). The summed E-state index contributed by atoms with van der Waals surface area (Å²) in [5.74, 6) is 0.870. The SMILES string of the molecule is Cc1cc(CNC(=O)C2C3CCC2(c2ccnn2C2CCC2)C3)ccn1. The number of fused-ring (bicyclic) bond motifs is 1. The third-order valence-electron chi connectivity index (χ3n) is 6.97. The van der Waals surface area contributed by atoms with Crippen LogP contribution < -0.4 is 5.32 Å². The number of carbonyl (C=O) groups is 1. The molecule has 2 aromatic heterocycles. The van der Waals surface area contributed by atoms with Crippen molar-refractivity contribution >= 4 is 5.91 Å². The van der Waals surface area contributed by atoms with Crippen molar-refractivity contribution < 1.29 is 4.79 Å². The van der Waals surface area contributed by atoms with E-state index in [2.05, 4.69) is 26.1 Å². The van der Waals surface area contributed by atoms with Gasteiger partial charge in [-0.15, -0.1) is 0 Å². The van der Waals surface area contributed by atoms with Crippen molar-refractivity contribution in [2.45, 2.75) is 63.5 Å². The highest BCUT2D eigenvalue weighted by Crippen LogP contribution is 2.64. The maximum atomic E-state index is 13.1. The molecular weight excluding hydrogens is 324 g/mol. The van der Waals surface area contributed by atoms with Gasteiger partial charge in [-0.05, 0) is 75.1 Å². The lowest BCUT2D eigenvalue weighted by Crippen LogP contribution is -2.53. The molecule has 3 unspecified atom stereocenters. The van der Waals surface area contributed by atoms with Crippen LogP contribution in [0.2, 0.25) is 0 Å². The van der Waals surface area contributed by atoms with Gasteiger partial charge in [0, 0.05) is 35.7 Å². The monoisotopic (exact) mass is 350 g/mol. The molecule has 2 bridgehead atoms. The number of aryl methyl sites for hydroxylation is 1. The Hall–Kier alpha value is -2.17. The van der Waals surface area contributed by atoms with Gasteiger partial charge in [-0.1, -0.05) is 0 Å². The van der Waals surface area contributed by atoms with Gasteiger partial charge >= 0.3 is 0 Å². The van der Waals surface area contributed by atoms with Crippen molar-refractivity contribution in [3.05, 3.63) is 47.5 Å². The molecule has 2 heterocycles. The first-order valence-electron chi connectivity index (χ1n) is 9.91. The van der Waals surface area contributed by atoms with Gasteiger partial charge in [-0.3, -0.25) is 14.5 Å². The summed E-state index contributed by atoms with van der Waals surface area (Å²) in [6, 6.07) is 6.74.